The Kier molecular flexibility index (Phi) is 6.17. The molecule has 1 fully saturated rings. The van der Waals surface area contributed by atoms with Crippen LogP contribution in [0, 0.1) is 12.8 Å². The van der Waals surface area contributed by atoms with E-state index in [1.165, 1.54) is 11.3 Å². The van der Waals surface area contributed by atoms with Gasteiger partial charge in [0.2, 0.25) is 5.91 Å². The first-order valence-electron chi connectivity index (χ1n) is 10.5. The second-order valence-corrected chi connectivity index (χ2v) is 8.93. The van der Waals surface area contributed by atoms with Crippen LogP contribution < -0.4 is 11.1 Å². The molecule has 10 heteroatoms. The van der Waals surface area contributed by atoms with Crippen LogP contribution >= 0.6 is 11.3 Å². The van der Waals surface area contributed by atoms with E-state index in [2.05, 4.69) is 29.8 Å². The van der Waals surface area contributed by atoms with E-state index >= 15 is 0 Å². The van der Waals surface area contributed by atoms with E-state index in [4.69, 9.17) is 10.5 Å². The highest BCUT2D eigenvalue weighted by Crippen LogP contribution is 2.35. The molecule has 0 spiro atoms. The summed E-state index contributed by atoms with van der Waals surface area (Å²) < 4.78 is 7.50. The van der Waals surface area contributed by atoms with E-state index in [0.29, 0.717) is 27.9 Å². The molecule has 1 saturated carbocycles. The summed E-state index contributed by atoms with van der Waals surface area (Å²) in [6, 6.07) is 0.217. The van der Waals surface area contributed by atoms with Gasteiger partial charge in [-0.1, -0.05) is 0 Å². The highest BCUT2D eigenvalue weighted by atomic mass is 32.1. The van der Waals surface area contributed by atoms with Gasteiger partial charge >= 0.3 is 0 Å². The van der Waals surface area contributed by atoms with Crippen LogP contribution in [0.1, 0.15) is 57.1 Å². The third-order valence-corrected chi connectivity index (χ3v) is 6.22. The standard InChI is InChI=1S/C21H27N7O2S/c1-12(2)30-9-8-16-25-18(22)17-19(26-16)28(11-23-17)15-6-4-14(5-7-15)20(29)27-21-24-13(3)10-31-21/h8-12,14-15H,4-7H2,1-3H3,(H2,22,25,26)(H,24,27,29)/b9-8-. The van der Waals surface area contributed by atoms with E-state index in [1.807, 2.05) is 26.2 Å². The second kappa shape index (κ2) is 9.01. The molecule has 164 valence electrons. The maximum absolute atomic E-state index is 12.6. The third-order valence-electron chi connectivity index (χ3n) is 5.34. The zero-order valence-electron chi connectivity index (χ0n) is 17.9. The van der Waals surface area contributed by atoms with E-state index in [-0.39, 0.29) is 24.0 Å². The van der Waals surface area contributed by atoms with Crippen molar-refractivity contribution < 1.29 is 9.53 Å². The number of aryl methyl sites for hydroxylation is 1. The molecule has 0 atom stereocenters. The Morgan fingerprint density at radius 1 is 1.29 bits per heavy atom. The molecule has 0 saturated heterocycles. The maximum Gasteiger partial charge on any atom is 0.229 e. The average molecular weight is 442 g/mol. The topological polar surface area (TPSA) is 121 Å². The Morgan fingerprint density at radius 2 is 2.06 bits per heavy atom. The average Bonchev–Trinajstić information content (AvgIpc) is 3.34. The quantitative estimate of drug-likeness (QED) is 0.556. The number of hydrogen-bond acceptors (Lipinski definition) is 8. The van der Waals surface area contributed by atoms with Crippen molar-refractivity contribution in [2.75, 3.05) is 11.1 Å². The number of thiazole rings is 1. The van der Waals surface area contributed by atoms with E-state index < -0.39 is 0 Å². The van der Waals surface area contributed by atoms with Crippen LogP contribution in [0.2, 0.25) is 0 Å². The molecule has 3 heterocycles. The fraction of sp³-hybridized carbons (Fsp3) is 0.476. The number of carbonyl (C=O) groups excluding carboxylic acids is 1. The molecule has 0 aromatic carbocycles. The van der Waals surface area contributed by atoms with Gasteiger partial charge in [-0.2, -0.15) is 0 Å². The summed E-state index contributed by atoms with van der Waals surface area (Å²) in [5.74, 6) is 0.869. The highest BCUT2D eigenvalue weighted by Gasteiger charge is 2.29. The second-order valence-electron chi connectivity index (χ2n) is 8.07. The van der Waals surface area contributed by atoms with Crippen LogP contribution in [-0.4, -0.2) is 36.5 Å². The number of nitrogens with one attached hydrogen (secondary N) is 1. The molecule has 1 aliphatic rings. The Bertz CT molecular complexity index is 1100. The van der Waals surface area contributed by atoms with Gasteiger partial charge < -0.3 is 20.4 Å². The summed E-state index contributed by atoms with van der Waals surface area (Å²) in [5, 5.41) is 5.55. The van der Waals surface area contributed by atoms with Crippen LogP contribution in [-0.2, 0) is 9.53 Å². The van der Waals surface area contributed by atoms with Crippen molar-refractivity contribution in [3.05, 3.63) is 29.5 Å². The lowest BCUT2D eigenvalue weighted by Crippen LogP contribution is -2.28. The lowest BCUT2D eigenvalue weighted by atomic mass is 9.85. The summed E-state index contributed by atoms with van der Waals surface area (Å²) in [6.45, 7) is 5.82. The number of hydrogen-bond donors (Lipinski definition) is 2. The predicted octanol–water partition coefficient (Wildman–Crippen LogP) is 3.94. The van der Waals surface area contributed by atoms with Gasteiger partial charge in [0.25, 0.3) is 0 Å². The summed E-state index contributed by atoms with van der Waals surface area (Å²) >= 11 is 1.46. The molecule has 1 aliphatic carbocycles. The van der Waals surface area contributed by atoms with Gasteiger partial charge in [-0.05, 0) is 46.5 Å². The highest BCUT2D eigenvalue weighted by molar-refractivity contribution is 7.13. The minimum atomic E-state index is -0.0124. The molecule has 31 heavy (non-hydrogen) atoms. The molecule has 3 aromatic rings. The van der Waals surface area contributed by atoms with Crippen LogP contribution in [0.15, 0.2) is 18.0 Å². The Morgan fingerprint density at radius 3 is 2.74 bits per heavy atom. The molecule has 3 N–H and O–H groups in total. The minimum Gasteiger partial charge on any atom is -0.498 e. The summed E-state index contributed by atoms with van der Waals surface area (Å²) in [5.41, 5.74) is 8.34. The number of nitrogens with two attached hydrogens (primary N) is 1. The number of aromatic nitrogens is 5. The number of carbonyl (C=O) groups is 1. The molecule has 4 rings (SSSR count). The number of imidazole rings is 1. The summed E-state index contributed by atoms with van der Waals surface area (Å²) in [6.07, 6.45) is 8.48. The fourth-order valence-corrected chi connectivity index (χ4v) is 4.48. The number of fused-ring (bicyclic) bond motifs is 1. The van der Waals surface area contributed by atoms with Crippen molar-refractivity contribution in [3.63, 3.8) is 0 Å². The Labute approximate surface area is 184 Å². The Hall–Kier alpha value is -3.01. The van der Waals surface area contributed by atoms with Crippen molar-refractivity contribution in [3.8, 4) is 0 Å². The van der Waals surface area contributed by atoms with Crippen molar-refractivity contribution in [1.82, 2.24) is 24.5 Å². The van der Waals surface area contributed by atoms with Gasteiger partial charge in [-0.25, -0.2) is 19.9 Å². The molecule has 0 unspecified atom stereocenters. The fourth-order valence-electron chi connectivity index (χ4n) is 3.79. The third kappa shape index (κ3) is 4.84. The van der Waals surface area contributed by atoms with Crippen molar-refractivity contribution in [2.24, 2.45) is 5.92 Å². The van der Waals surface area contributed by atoms with Crippen LogP contribution in [0.25, 0.3) is 17.2 Å². The predicted molar refractivity (Wildman–Crippen MR) is 121 cm³/mol. The number of amides is 1. The van der Waals surface area contributed by atoms with E-state index in [1.54, 1.807) is 18.7 Å². The van der Waals surface area contributed by atoms with Gasteiger partial charge in [0.1, 0.15) is 5.52 Å². The molecule has 3 aromatic heterocycles. The van der Waals surface area contributed by atoms with E-state index in [9.17, 15) is 4.79 Å². The van der Waals surface area contributed by atoms with Crippen LogP contribution in [0.3, 0.4) is 0 Å². The molecular weight excluding hydrogens is 414 g/mol. The van der Waals surface area contributed by atoms with Gasteiger partial charge in [-0.15, -0.1) is 11.3 Å². The zero-order valence-corrected chi connectivity index (χ0v) is 18.7. The van der Waals surface area contributed by atoms with Gasteiger partial charge in [0, 0.05) is 23.4 Å². The first-order valence-corrected chi connectivity index (χ1v) is 11.3. The van der Waals surface area contributed by atoms with E-state index in [0.717, 1.165) is 31.4 Å². The lowest BCUT2D eigenvalue weighted by molar-refractivity contribution is -0.120. The van der Waals surface area contributed by atoms with Crippen molar-refractivity contribution in [1.29, 1.82) is 0 Å². The van der Waals surface area contributed by atoms with Crippen molar-refractivity contribution in [2.45, 2.75) is 58.6 Å². The number of ether oxygens (including phenoxy) is 1. The molecule has 0 radical (unpaired) electrons. The zero-order chi connectivity index (χ0) is 22.0. The summed E-state index contributed by atoms with van der Waals surface area (Å²) in [7, 11) is 0. The minimum absolute atomic E-state index is 0.0124. The van der Waals surface area contributed by atoms with Crippen molar-refractivity contribution >= 4 is 45.4 Å². The number of anilines is 2. The lowest BCUT2D eigenvalue weighted by Gasteiger charge is -2.28. The Balaban J connectivity index is 1.45. The SMILES string of the molecule is Cc1csc(NC(=O)C2CCC(n3cnc4c(N)nc(/C=C\OC(C)C)nc43)CC2)n1. The molecule has 9 nitrogen and oxygen atoms in total. The number of nitrogen functional groups attached to an aromatic ring is 1. The number of nitrogens with zero attached hydrogens (tertiary/aromatic N) is 5. The molecule has 0 aliphatic heterocycles. The van der Waals surface area contributed by atoms with Gasteiger partial charge in [0.05, 0.1) is 24.4 Å². The molecule has 1 amide bonds. The van der Waals surface area contributed by atoms with Gasteiger partial charge in [0.15, 0.2) is 22.4 Å². The first-order chi connectivity index (χ1) is 14.9. The first kappa shape index (κ1) is 21.2. The summed E-state index contributed by atoms with van der Waals surface area (Å²) in [4.78, 5) is 30.3. The molecule has 0 bridgehead atoms. The van der Waals surface area contributed by atoms with Gasteiger partial charge in [-0.3, -0.25) is 4.79 Å². The largest absolute Gasteiger partial charge is 0.498 e. The normalized spacial score (nSPS) is 19.4. The van der Waals surface area contributed by atoms with Crippen LogP contribution in [0.4, 0.5) is 10.9 Å². The molecular formula is C21H27N7O2S. The smallest absolute Gasteiger partial charge is 0.229 e. The number of rotatable bonds is 6. The maximum atomic E-state index is 12.6. The monoisotopic (exact) mass is 441 g/mol. The van der Waals surface area contributed by atoms with Crippen LogP contribution in [0.5, 0.6) is 0 Å².